The quantitative estimate of drug-likeness (QED) is 0.847. The number of nitrogens with two attached hydrogens (primary N) is 1. The van der Waals surface area contributed by atoms with Crippen LogP contribution in [0.4, 0.5) is 0 Å². The van der Waals surface area contributed by atoms with E-state index >= 15 is 0 Å². The van der Waals surface area contributed by atoms with E-state index in [1.54, 1.807) is 12.1 Å². The van der Waals surface area contributed by atoms with Gasteiger partial charge in [-0.15, -0.1) is 0 Å². The summed E-state index contributed by atoms with van der Waals surface area (Å²) in [5.41, 5.74) is 6.33. The molecule has 0 bridgehead atoms. The van der Waals surface area contributed by atoms with Crippen molar-refractivity contribution in [2.24, 2.45) is 5.73 Å². The number of ether oxygens (including phenoxy) is 1. The number of rotatable bonds is 5. The molecule has 2 rings (SSSR count). The molecule has 0 aliphatic carbocycles. The summed E-state index contributed by atoms with van der Waals surface area (Å²) in [7, 11) is 0. The Labute approximate surface area is 118 Å². The van der Waals surface area contributed by atoms with Crippen molar-refractivity contribution in [3.05, 3.63) is 35.4 Å². The maximum absolute atomic E-state index is 12.2. The Morgan fingerprint density at radius 3 is 2.30 bits per heavy atom. The van der Waals surface area contributed by atoms with Gasteiger partial charge in [0.1, 0.15) is 0 Å². The molecule has 0 radical (unpaired) electrons. The topological polar surface area (TPSA) is 81.4 Å². The molecule has 3 N–H and O–H groups in total. The second kappa shape index (κ2) is 5.63. The molecule has 0 atom stereocenters. The molecule has 1 aliphatic rings. The van der Waals surface area contributed by atoms with Crippen molar-refractivity contribution in [2.45, 2.75) is 31.7 Å². The highest BCUT2D eigenvalue weighted by atomic mass is 16.5. The Kier molecular flexibility index (Phi) is 4.09. The van der Waals surface area contributed by atoms with Gasteiger partial charge in [-0.05, 0) is 23.6 Å². The van der Waals surface area contributed by atoms with Crippen molar-refractivity contribution >= 4 is 11.8 Å². The average Bonchev–Trinajstić information content (AvgIpc) is 2.35. The molecule has 0 spiro atoms. The van der Waals surface area contributed by atoms with E-state index in [-0.39, 0.29) is 12.3 Å². The van der Waals surface area contributed by atoms with E-state index in [0.29, 0.717) is 24.7 Å². The van der Waals surface area contributed by atoms with Crippen molar-refractivity contribution in [3.63, 3.8) is 0 Å². The average molecular weight is 276 g/mol. The number of carbonyl (C=O) groups is 2. The second-order valence-corrected chi connectivity index (χ2v) is 5.65. The highest BCUT2D eigenvalue weighted by Gasteiger charge is 2.41. The molecule has 1 aromatic rings. The van der Waals surface area contributed by atoms with Crippen LogP contribution in [0.15, 0.2) is 24.3 Å². The maximum atomic E-state index is 12.2. The summed E-state index contributed by atoms with van der Waals surface area (Å²) in [5, 5.41) is 2.86. The van der Waals surface area contributed by atoms with Crippen LogP contribution in [0, 0.1) is 0 Å². The van der Waals surface area contributed by atoms with Gasteiger partial charge in [0.25, 0.3) is 5.91 Å². The fourth-order valence-electron chi connectivity index (χ4n) is 2.23. The number of carbonyl (C=O) groups excluding carboxylic acids is 2. The third-order valence-corrected chi connectivity index (χ3v) is 3.49. The zero-order chi connectivity index (χ0) is 14.8. The molecular weight excluding hydrogens is 256 g/mol. The lowest BCUT2D eigenvalue weighted by molar-refractivity contribution is -0.127. The predicted octanol–water partition coefficient (Wildman–Crippen LogP) is 1.18. The van der Waals surface area contributed by atoms with E-state index in [2.05, 4.69) is 19.2 Å². The van der Waals surface area contributed by atoms with Crippen LogP contribution in [0.25, 0.3) is 0 Å². The number of amides is 2. The highest BCUT2D eigenvalue weighted by Crippen LogP contribution is 2.22. The highest BCUT2D eigenvalue weighted by molar-refractivity contribution is 5.95. The number of benzene rings is 1. The lowest BCUT2D eigenvalue weighted by Crippen LogP contribution is -2.63. The molecule has 1 aliphatic heterocycles. The van der Waals surface area contributed by atoms with E-state index in [0.717, 1.165) is 0 Å². The summed E-state index contributed by atoms with van der Waals surface area (Å²) in [6.07, 6.45) is 0.100. The van der Waals surface area contributed by atoms with Crippen molar-refractivity contribution < 1.29 is 14.3 Å². The molecule has 2 amide bonds. The third-order valence-electron chi connectivity index (χ3n) is 3.49. The predicted molar refractivity (Wildman–Crippen MR) is 75.4 cm³/mol. The molecule has 1 fully saturated rings. The summed E-state index contributed by atoms with van der Waals surface area (Å²) in [6.45, 7) is 4.85. The van der Waals surface area contributed by atoms with Crippen molar-refractivity contribution in [2.75, 3.05) is 13.2 Å². The largest absolute Gasteiger partial charge is 0.376 e. The minimum atomic E-state index is -0.639. The number of hydrogen-bond acceptors (Lipinski definition) is 3. The van der Waals surface area contributed by atoms with Crippen LogP contribution in [-0.4, -0.2) is 30.6 Å². The number of hydrogen-bond donors (Lipinski definition) is 2. The van der Waals surface area contributed by atoms with Crippen LogP contribution < -0.4 is 11.1 Å². The molecule has 5 heteroatoms. The Balaban J connectivity index is 2.05. The van der Waals surface area contributed by atoms with Crippen LogP contribution in [0.5, 0.6) is 0 Å². The minimum absolute atomic E-state index is 0.100. The van der Waals surface area contributed by atoms with Gasteiger partial charge >= 0.3 is 0 Å². The lowest BCUT2D eigenvalue weighted by Gasteiger charge is -2.41. The lowest BCUT2D eigenvalue weighted by atomic mass is 9.92. The van der Waals surface area contributed by atoms with Crippen LogP contribution in [0.3, 0.4) is 0 Å². The molecule has 0 saturated carbocycles. The van der Waals surface area contributed by atoms with Crippen LogP contribution >= 0.6 is 0 Å². The minimum Gasteiger partial charge on any atom is -0.376 e. The molecule has 1 saturated heterocycles. The Morgan fingerprint density at radius 1 is 1.30 bits per heavy atom. The first-order valence-corrected chi connectivity index (χ1v) is 6.70. The van der Waals surface area contributed by atoms with E-state index < -0.39 is 11.4 Å². The summed E-state index contributed by atoms with van der Waals surface area (Å²) in [6, 6.07) is 7.47. The normalized spacial score (nSPS) is 16.6. The van der Waals surface area contributed by atoms with Gasteiger partial charge in [0, 0.05) is 5.56 Å². The van der Waals surface area contributed by atoms with Gasteiger partial charge in [0.2, 0.25) is 5.91 Å². The van der Waals surface area contributed by atoms with Gasteiger partial charge in [0.15, 0.2) is 0 Å². The van der Waals surface area contributed by atoms with Gasteiger partial charge in [-0.2, -0.15) is 0 Å². The summed E-state index contributed by atoms with van der Waals surface area (Å²) in [4.78, 5) is 23.3. The first kappa shape index (κ1) is 14.5. The van der Waals surface area contributed by atoms with Crippen LogP contribution in [0.1, 0.15) is 42.1 Å². The van der Waals surface area contributed by atoms with E-state index in [1.165, 1.54) is 5.56 Å². The SMILES string of the molecule is CC(C)c1ccc(C(=O)NC2(CC(N)=O)COC2)cc1. The summed E-state index contributed by atoms with van der Waals surface area (Å²) >= 11 is 0. The molecular formula is C15H20N2O3. The Bertz CT molecular complexity index is 504. The van der Waals surface area contributed by atoms with E-state index in [9.17, 15) is 9.59 Å². The number of primary amides is 1. The summed E-state index contributed by atoms with van der Waals surface area (Å²) in [5.74, 6) is -0.220. The van der Waals surface area contributed by atoms with Gasteiger partial charge < -0.3 is 15.8 Å². The van der Waals surface area contributed by atoms with Crippen molar-refractivity contribution in [1.82, 2.24) is 5.32 Å². The maximum Gasteiger partial charge on any atom is 0.251 e. The molecule has 5 nitrogen and oxygen atoms in total. The van der Waals surface area contributed by atoms with E-state index in [1.807, 2.05) is 12.1 Å². The molecule has 1 aromatic carbocycles. The second-order valence-electron chi connectivity index (χ2n) is 5.65. The van der Waals surface area contributed by atoms with E-state index in [4.69, 9.17) is 10.5 Å². The fourth-order valence-corrected chi connectivity index (χ4v) is 2.23. The molecule has 108 valence electrons. The van der Waals surface area contributed by atoms with Gasteiger partial charge in [-0.1, -0.05) is 26.0 Å². The molecule has 0 aromatic heterocycles. The van der Waals surface area contributed by atoms with Gasteiger partial charge in [-0.3, -0.25) is 9.59 Å². The summed E-state index contributed by atoms with van der Waals surface area (Å²) < 4.78 is 5.10. The molecule has 1 heterocycles. The fraction of sp³-hybridized carbons (Fsp3) is 0.467. The zero-order valence-electron chi connectivity index (χ0n) is 11.8. The smallest absolute Gasteiger partial charge is 0.251 e. The number of nitrogens with one attached hydrogen (secondary N) is 1. The monoisotopic (exact) mass is 276 g/mol. The standard InChI is InChI=1S/C15H20N2O3/c1-10(2)11-3-5-12(6-4-11)14(19)17-15(7-13(16)18)8-20-9-15/h3-6,10H,7-9H2,1-2H3,(H2,16,18)(H,17,19). The van der Waals surface area contributed by atoms with Crippen LogP contribution in [0.2, 0.25) is 0 Å². The van der Waals surface area contributed by atoms with Crippen molar-refractivity contribution in [3.8, 4) is 0 Å². The van der Waals surface area contributed by atoms with Crippen LogP contribution in [-0.2, 0) is 9.53 Å². The zero-order valence-corrected chi connectivity index (χ0v) is 11.8. The van der Waals surface area contributed by atoms with Crippen molar-refractivity contribution in [1.29, 1.82) is 0 Å². The van der Waals surface area contributed by atoms with Gasteiger partial charge in [-0.25, -0.2) is 0 Å². The molecule has 20 heavy (non-hydrogen) atoms. The Morgan fingerprint density at radius 2 is 1.90 bits per heavy atom. The first-order valence-electron chi connectivity index (χ1n) is 6.70. The first-order chi connectivity index (χ1) is 9.42. The Hall–Kier alpha value is -1.88. The molecule has 0 unspecified atom stereocenters. The third kappa shape index (κ3) is 3.17. The van der Waals surface area contributed by atoms with Gasteiger partial charge in [0.05, 0.1) is 25.2 Å².